The number of piperidine rings is 1. The normalized spacial score (nSPS) is 18.0. The van der Waals surface area contributed by atoms with Gasteiger partial charge in [0.1, 0.15) is 5.60 Å². The van der Waals surface area contributed by atoms with Crippen molar-refractivity contribution in [2.45, 2.75) is 50.2 Å². The summed E-state index contributed by atoms with van der Waals surface area (Å²) >= 11 is 0. The zero-order chi connectivity index (χ0) is 16.2. The maximum atomic E-state index is 12.4. The molecule has 0 unspecified atom stereocenters. The highest BCUT2D eigenvalue weighted by atomic mass is 32.2. The highest BCUT2D eigenvalue weighted by Gasteiger charge is 2.29. The third-order valence-electron chi connectivity index (χ3n) is 3.50. The number of rotatable bonds is 3. The second-order valence-electron chi connectivity index (χ2n) is 6.55. The van der Waals surface area contributed by atoms with Crippen molar-refractivity contribution in [3.8, 4) is 0 Å². The Morgan fingerprint density at radius 3 is 2.64 bits per heavy atom. The van der Waals surface area contributed by atoms with Crippen LogP contribution in [-0.2, 0) is 21.3 Å². The maximum Gasteiger partial charge on any atom is 0.410 e. The van der Waals surface area contributed by atoms with Gasteiger partial charge in [0.05, 0.1) is 5.75 Å². The van der Waals surface area contributed by atoms with E-state index in [1.165, 1.54) is 0 Å². The van der Waals surface area contributed by atoms with Crippen molar-refractivity contribution < 1.29 is 13.7 Å². The number of hydrogen-bond donors (Lipinski definition) is 0. The molecule has 0 aliphatic carbocycles. The molecule has 1 atom stereocenters. The number of ether oxygens (including phenoxy) is 1. The van der Waals surface area contributed by atoms with Crippen molar-refractivity contribution in [1.29, 1.82) is 0 Å². The van der Waals surface area contributed by atoms with E-state index in [1.807, 2.05) is 32.9 Å². The molecule has 0 aromatic carbocycles. The Morgan fingerprint density at radius 2 is 2.09 bits per heavy atom. The van der Waals surface area contributed by atoms with Crippen LogP contribution in [0.25, 0.3) is 0 Å². The van der Waals surface area contributed by atoms with Gasteiger partial charge < -0.3 is 9.64 Å². The van der Waals surface area contributed by atoms with Gasteiger partial charge in [0.15, 0.2) is 0 Å². The van der Waals surface area contributed by atoms with Gasteiger partial charge in [-0.05, 0) is 45.2 Å². The van der Waals surface area contributed by atoms with Gasteiger partial charge in [0, 0.05) is 41.5 Å². The van der Waals surface area contributed by atoms with Crippen LogP contribution in [-0.4, -0.2) is 44.1 Å². The minimum absolute atomic E-state index is 0.138. The van der Waals surface area contributed by atoms with E-state index in [0.29, 0.717) is 18.8 Å². The number of hydrogen-bond acceptors (Lipinski definition) is 4. The number of nitrogens with zero attached hydrogens (tertiary/aromatic N) is 2. The van der Waals surface area contributed by atoms with Crippen LogP contribution in [0.3, 0.4) is 0 Å². The SMILES string of the molecule is CC(C)(C)OC(=O)N1CCC([S@@](=O)Cc2cccnc2)CC1. The van der Waals surface area contributed by atoms with Crippen LogP contribution < -0.4 is 0 Å². The van der Waals surface area contributed by atoms with Gasteiger partial charge >= 0.3 is 6.09 Å². The minimum atomic E-state index is -0.923. The number of likely N-dealkylation sites (tertiary alicyclic amines) is 1. The molecule has 0 radical (unpaired) electrons. The summed E-state index contributed by atoms with van der Waals surface area (Å²) in [5, 5.41) is 0.138. The summed E-state index contributed by atoms with van der Waals surface area (Å²) in [6, 6.07) is 3.80. The maximum absolute atomic E-state index is 12.4. The molecule has 122 valence electrons. The lowest BCUT2D eigenvalue weighted by molar-refractivity contribution is 0.0218. The van der Waals surface area contributed by atoms with Crippen LogP contribution in [0.15, 0.2) is 24.5 Å². The van der Waals surface area contributed by atoms with Crippen LogP contribution >= 0.6 is 0 Å². The summed E-state index contributed by atoms with van der Waals surface area (Å²) in [7, 11) is -0.923. The first kappa shape index (κ1) is 16.9. The molecule has 1 aromatic rings. The molecule has 5 nitrogen and oxygen atoms in total. The Hall–Kier alpha value is -1.43. The summed E-state index contributed by atoms with van der Waals surface area (Å²) in [4.78, 5) is 17.8. The molecule has 1 aromatic heterocycles. The molecule has 0 spiro atoms. The average Bonchev–Trinajstić information content (AvgIpc) is 2.46. The van der Waals surface area contributed by atoms with Gasteiger partial charge in [0.25, 0.3) is 0 Å². The van der Waals surface area contributed by atoms with Crippen LogP contribution in [0.2, 0.25) is 0 Å². The minimum Gasteiger partial charge on any atom is -0.444 e. The van der Waals surface area contributed by atoms with Gasteiger partial charge in [-0.25, -0.2) is 4.79 Å². The first-order valence-electron chi connectivity index (χ1n) is 7.59. The third kappa shape index (κ3) is 5.09. The highest BCUT2D eigenvalue weighted by molar-refractivity contribution is 7.84. The molecular weight excluding hydrogens is 300 g/mol. The molecule has 1 fully saturated rings. The lowest BCUT2D eigenvalue weighted by atomic mass is 10.1. The van der Waals surface area contributed by atoms with Crippen LogP contribution in [0, 0.1) is 0 Å². The summed E-state index contributed by atoms with van der Waals surface area (Å²) in [5.41, 5.74) is 0.521. The molecule has 1 amide bonds. The van der Waals surface area contributed by atoms with E-state index in [-0.39, 0.29) is 11.3 Å². The summed E-state index contributed by atoms with van der Waals surface area (Å²) in [6.45, 7) is 6.80. The fourth-order valence-corrected chi connectivity index (χ4v) is 3.86. The molecular formula is C16H24N2O3S. The van der Waals surface area contributed by atoms with E-state index in [2.05, 4.69) is 4.98 Å². The molecule has 0 N–H and O–H groups in total. The first-order chi connectivity index (χ1) is 10.3. The average molecular weight is 324 g/mol. The smallest absolute Gasteiger partial charge is 0.410 e. The molecule has 6 heteroatoms. The van der Waals surface area contributed by atoms with Gasteiger partial charge in [-0.1, -0.05) is 6.07 Å². The second kappa shape index (κ2) is 7.22. The Bertz CT molecular complexity index is 520. The summed E-state index contributed by atoms with van der Waals surface area (Å²) in [6.07, 6.45) is 4.71. The fraction of sp³-hybridized carbons (Fsp3) is 0.625. The Balaban J connectivity index is 1.82. The molecule has 0 saturated carbocycles. The fourth-order valence-electron chi connectivity index (χ4n) is 2.39. The quantitative estimate of drug-likeness (QED) is 0.858. The molecule has 0 bridgehead atoms. The van der Waals surface area contributed by atoms with E-state index in [1.54, 1.807) is 17.3 Å². The number of carbonyl (C=O) groups is 1. The largest absolute Gasteiger partial charge is 0.444 e. The molecule has 2 heterocycles. The lowest BCUT2D eigenvalue weighted by Crippen LogP contribution is -2.43. The topological polar surface area (TPSA) is 59.5 Å². The van der Waals surface area contributed by atoms with E-state index in [0.717, 1.165) is 18.4 Å². The van der Waals surface area contributed by atoms with Crippen molar-refractivity contribution in [2.75, 3.05) is 13.1 Å². The predicted molar refractivity (Wildman–Crippen MR) is 86.9 cm³/mol. The van der Waals surface area contributed by atoms with Gasteiger partial charge in [0.2, 0.25) is 0 Å². The number of pyridine rings is 1. The van der Waals surface area contributed by atoms with E-state index in [4.69, 9.17) is 4.74 Å². The molecule has 1 aliphatic heterocycles. The first-order valence-corrected chi connectivity index (χ1v) is 8.97. The molecule has 22 heavy (non-hydrogen) atoms. The van der Waals surface area contributed by atoms with Crippen molar-refractivity contribution in [3.05, 3.63) is 30.1 Å². The standard InChI is InChI=1S/C16H24N2O3S/c1-16(2,3)21-15(19)18-9-6-14(7-10-18)22(20)12-13-5-4-8-17-11-13/h4-5,8,11,14H,6-7,9-10,12H2,1-3H3/t22-/m0/s1. The van der Waals surface area contributed by atoms with Crippen molar-refractivity contribution in [1.82, 2.24) is 9.88 Å². The third-order valence-corrected chi connectivity index (χ3v) is 5.33. The summed E-state index contributed by atoms with van der Waals surface area (Å²) in [5.74, 6) is 0.533. The second-order valence-corrected chi connectivity index (χ2v) is 8.27. The van der Waals surface area contributed by atoms with Gasteiger partial charge in [-0.2, -0.15) is 0 Å². The zero-order valence-corrected chi connectivity index (χ0v) is 14.3. The molecule has 1 saturated heterocycles. The van der Waals surface area contributed by atoms with Crippen LogP contribution in [0.5, 0.6) is 0 Å². The van der Waals surface area contributed by atoms with Gasteiger partial charge in [-0.15, -0.1) is 0 Å². The Morgan fingerprint density at radius 1 is 1.41 bits per heavy atom. The van der Waals surface area contributed by atoms with Gasteiger partial charge in [-0.3, -0.25) is 9.19 Å². The van der Waals surface area contributed by atoms with E-state index < -0.39 is 16.4 Å². The lowest BCUT2D eigenvalue weighted by Gasteiger charge is -2.33. The van der Waals surface area contributed by atoms with Crippen LogP contribution in [0.4, 0.5) is 4.79 Å². The number of carbonyl (C=O) groups excluding carboxylic acids is 1. The van der Waals surface area contributed by atoms with Crippen molar-refractivity contribution >= 4 is 16.9 Å². The zero-order valence-electron chi connectivity index (χ0n) is 13.4. The predicted octanol–water partition coefficient (Wildman–Crippen LogP) is 2.73. The van der Waals surface area contributed by atoms with Crippen molar-refractivity contribution in [2.24, 2.45) is 0 Å². The van der Waals surface area contributed by atoms with Crippen molar-refractivity contribution in [3.63, 3.8) is 0 Å². The van der Waals surface area contributed by atoms with Crippen LogP contribution in [0.1, 0.15) is 39.2 Å². The number of aromatic nitrogens is 1. The Labute approximate surface area is 134 Å². The summed E-state index contributed by atoms with van der Waals surface area (Å²) < 4.78 is 17.8. The molecule has 1 aliphatic rings. The number of amides is 1. The molecule has 2 rings (SSSR count). The van der Waals surface area contributed by atoms with E-state index >= 15 is 0 Å². The highest BCUT2D eigenvalue weighted by Crippen LogP contribution is 2.20. The monoisotopic (exact) mass is 324 g/mol. The Kier molecular flexibility index (Phi) is 5.56. The van der Waals surface area contributed by atoms with E-state index in [9.17, 15) is 9.00 Å².